The van der Waals surface area contributed by atoms with Gasteiger partial charge in [0.1, 0.15) is 0 Å². The molecule has 0 fully saturated rings. The molecule has 3 nitrogen and oxygen atoms in total. The average Bonchev–Trinajstić information content (AvgIpc) is 2.78. The van der Waals surface area contributed by atoms with E-state index in [-0.39, 0.29) is 0 Å². The van der Waals surface area contributed by atoms with Crippen molar-refractivity contribution in [3.63, 3.8) is 0 Å². The van der Waals surface area contributed by atoms with Crippen LogP contribution >= 0.6 is 0 Å². The Balaban J connectivity index is 2.14. The summed E-state index contributed by atoms with van der Waals surface area (Å²) in [7, 11) is 0. The van der Waals surface area contributed by atoms with E-state index in [9.17, 15) is 13.2 Å². The molecule has 0 aliphatic heterocycles. The lowest BCUT2D eigenvalue weighted by Gasteiger charge is -2.05. The molecule has 0 aliphatic rings. The van der Waals surface area contributed by atoms with Crippen LogP contribution in [0.25, 0.3) is 12.2 Å². The fourth-order valence-electron chi connectivity index (χ4n) is 1.21. The molecule has 0 radical (unpaired) electrons. The lowest BCUT2D eigenvalue weighted by molar-refractivity contribution is -0.137. The summed E-state index contributed by atoms with van der Waals surface area (Å²) in [4.78, 5) is 3.74. The molecule has 0 bridgehead atoms. The Labute approximate surface area is 94.6 Å². The molecule has 1 heterocycles. The second-order valence-electron chi connectivity index (χ2n) is 3.24. The number of halogens is 3. The van der Waals surface area contributed by atoms with E-state index >= 15 is 0 Å². The highest BCUT2D eigenvalue weighted by Gasteiger charge is 2.29. The second-order valence-corrected chi connectivity index (χ2v) is 3.24. The molecule has 0 unspecified atom stereocenters. The maximum atomic E-state index is 12.3. The van der Waals surface area contributed by atoms with E-state index in [4.69, 9.17) is 0 Å². The minimum atomic E-state index is -4.31. The summed E-state index contributed by atoms with van der Waals surface area (Å²) in [5, 5.41) is 3.54. The first kappa shape index (κ1) is 11.4. The van der Waals surface area contributed by atoms with Crippen LogP contribution in [0, 0.1) is 0 Å². The predicted octanol–water partition coefficient (Wildman–Crippen LogP) is 3.26. The Kier molecular flexibility index (Phi) is 2.95. The first-order chi connectivity index (χ1) is 8.05. The van der Waals surface area contributed by atoms with Crippen LogP contribution in [0.3, 0.4) is 0 Å². The van der Waals surface area contributed by atoms with Crippen molar-refractivity contribution in [3.8, 4) is 0 Å². The summed E-state index contributed by atoms with van der Waals surface area (Å²) in [5.74, 6) is 0.366. The average molecular weight is 240 g/mol. The number of alkyl halides is 3. The molecule has 0 saturated carbocycles. The van der Waals surface area contributed by atoms with E-state index in [0.717, 1.165) is 12.1 Å². The van der Waals surface area contributed by atoms with Crippen molar-refractivity contribution >= 4 is 12.2 Å². The highest BCUT2D eigenvalue weighted by atomic mass is 19.4. The van der Waals surface area contributed by atoms with Gasteiger partial charge in [0.25, 0.3) is 0 Å². The van der Waals surface area contributed by atoms with Gasteiger partial charge < -0.3 is 4.52 Å². The lowest BCUT2D eigenvalue weighted by Crippen LogP contribution is -2.03. The maximum Gasteiger partial charge on any atom is 0.416 e. The zero-order chi connectivity index (χ0) is 12.3. The minimum Gasteiger partial charge on any atom is -0.342 e. The Morgan fingerprint density at radius 2 is 1.76 bits per heavy atom. The lowest BCUT2D eigenvalue weighted by atomic mass is 10.1. The monoisotopic (exact) mass is 240 g/mol. The van der Waals surface area contributed by atoms with Crippen LogP contribution in [0.4, 0.5) is 13.2 Å². The zero-order valence-electron chi connectivity index (χ0n) is 8.48. The van der Waals surface area contributed by atoms with Crippen LogP contribution in [-0.2, 0) is 6.18 Å². The summed E-state index contributed by atoms with van der Waals surface area (Å²) in [6.07, 6.45) is 0.0133. The van der Waals surface area contributed by atoms with E-state index < -0.39 is 11.7 Å². The molecular weight excluding hydrogens is 233 g/mol. The van der Waals surface area contributed by atoms with Gasteiger partial charge in [0, 0.05) is 0 Å². The summed E-state index contributed by atoms with van der Waals surface area (Å²) in [6, 6.07) is 4.80. The molecule has 2 aromatic rings. The van der Waals surface area contributed by atoms with E-state index in [1.807, 2.05) is 0 Å². The quantitative estimate of drug-likeness (QED) is 0.808. The molecule has 1 aromatic heterocycles. The maximum absolute atomic E-state index is 12.3. The van der Waals surface area contributed by atoms with E-state index in [1.54, 1.807) is 12.2 Å². The molecule has 1 aromatic carbocycles. The number of hydrogen-bond acceptors (Lipinski definition) is 3. The van der Waals surface area contributed by atoms with Crippen LogP contribution in [0.15, 0.2) is 35.2 Å². The number of nitrogens with zero attached hydrogens (tertiary/aromatic N) is 2. The van der Waals surface area contributed by atoms with E-state index in [0.29, 0.717) is 11.4 Å². The molecular formula is C11H7F3N2O. The molecule has 6 heteroatoms. The van der Waals surface area contributed by atoms with Gasteiger partial charge in [-0.15, -0.1) is 0 Å². The molecule has 88 valence electrons. The van der Waals surface area contributed by atoms with Crippen molar-refractivity contribution < 1.29 is 17.7 Å². The fraction of sp³-hybridized carbons (Fsp3) is 0.0909. The number of rotatable bonds is 2. The predicted molar refractivity (Wildman–Crippen MR) is 54.7 cm³/mol. The highest BCUT2D eigenvalue weighted by molar-refractivity contribution is 5.66. The van der Waals surface area contributed by atoms with Gasteiger partial charge in [0.15, 0.2) is 5.82 Å². The number of hydrogen-bond donors (Lipinski definition) is 0. The van der Waals surface area contributed by atoms with Crippen LogP contribution in [0.5, 0.6) is 0 Å². The molecule has 0 saturated heterocycles. The Bertz CT molecular complexity index is 501. The van der Waals surface area contributed by atoms with Crippen LogP contribution in [-0.4, -0.2) is 10.1 Å². The van der Waals surface area contributed by atoms with Crippen LogP contribution < -0.4 is 0 Å². The van der Waals surface area contributed by atoms with Crippen molar-refractivity contribution in [1.82, 2.24) is 10.1 Å². The van der Waals surface area contributed by atoms with Gasteiger partial charge >= 0.3 is 6.18 Å². The molecule has 0 aliphatic carbocycles. The van der Waals surface area contributed by atoms with Crippen LogP contribution in [0.1, 0.15) is 17.0 Å². The third kappa shape index (κ3) is 2.93. The molecule has 2 rings (SSSR count). The van der Waals surface area contributed by atoms with Gasteiger partial charge in [-0.05, 0) is 23.8 Å². The molecule has 0 spiro atoms. The molecule has 0 atom stereocenters. The topological polar surface area (TPSA) is 38.9 Å². The van der Waals surface area contributed by atoms with Crippen molar-refractivity contribution in [3.05, 3.63) is 47.6 Å². The zero-order valence-corrected chi connectivity index (χ0v) is 8.48. The van der Waals surface area contributed by atoms with Crippen molar-refractivity contribution in [2.24, 2.45) is 0 Å². The number of benzene rings is 1. The summed E-state index contributed by atoms with van der Waals surface area (Å²) < 4.78 is 41.3. The normalized spacial score (nSPS) is 12.2. The Morgan fingerprint density at radius 1 is 1.06 bits per heavy atom. The number of aromatic nitrogens is 2. The molecule has 0 N–H and O–H groups in total. The standard InChI is InChI=1S/C11H7F3N2O/c12-11(13,14)9-4-1-8(2-5-9)3-6-10-15-7-17-16-10/h1-7H/b6-3+. The minimum absolute atomic E-state index is 0.366. The molecule has 17 heavy (non-hydrogen) atoms. The van der Waals surface area contributed by atoms with E-state index in [2.05, 4.69) is 14.7 Å². The Morgan fingerprint density at radius 3 is 2.29 bits per heavy atom. The highest BCUT2D eigenvalue weighted by Crippen LogP contribution is 2.29. The Hall–Kier alpha value is -2.11. The smallest absolute Gasteiger partial charge is 0.342 e. The van der Waals surface area contributed by atoms with Crippen LogP contribution in [0.2, 0.25) is 0 Å². The third-order valence-electron chi connectivity index (χ3n) is 2.04. The van der Waals surface area contributed by atoms with Gasteiger partial charge in [0.05, 0.1) is 5.56 Å². The van der Waals surface area contributed by atoms with Crippen molar-refractivity contribution in [2.75, 3.05) is 0 Å². The third-order valence-corrected chi connectivity index (χ3v) is 2.04. The summed E-state index contributed by atoms with van der Waals surface area (Å²) in [5.41, 5.74) is -0.0444. The largest absolute Gasteiger partial charge is 0.416 e. The van der Waals surface area contributed by atoms with Gasteiger partial charge in [-0.3, -0.25) is 0 Å². The second kappa shape index (κ2) is 4.40. The SMILES string of the molecule is FC(F)(F)c1ccc(/C=C/c2ncon2)cc1. The van der Waals surface area contributed by atoms with Crippen molar-refractivity contribution in [1.29, 1.82) is 0 Å². The van der Waals surface area contributed by atoms with Gasteiger partial charge in [0.2, 0.25) is 6.39 Å². The fourth-order valence-corrected chi connectivity index (χ4v) is 1.21. The summed E-state index contributed by atoms with van der Waals surface area (Å²) in [6.45, 7) is 0. The summed E-state index contributed by atoms with van der Waals surface area (Å²) >= 11 is 0. The first-order valence-electron chi connectivity index (χ1n) is 4.67. The van der Waals surface area contributed by atoms with Crippen molar-refractivity contribution in [2.45, 2.75) is 6.18 Å². The first-order valence-corrected chi connectivity index (χ1v) is 4.67. The molecule has 0 amide bonds. The van der Waals surface area contributed by atoms with Gasteiger partial charge in [-0.1, -0.05) is 23.4 Å². The van der Waals surface area contributed by atoms with E-state index in [1.165, 1.54) is 18.5 Å². The van der Waals surface area contributed by atoms with Gasteiger partial charge in [-0.25, -0.2) is 0 Å². The van der Waals surface area contributed by atoms with Gasteiger partial charge in [-0.2, -0.15) is 18.2 Å².